The zero-order valence-electron chi connectivity index (χ0n) is 13.8. The van der Waals surface area contributed by atoms with E-state index in [4.69, 9.17) is 0 Å². The zero-order chi connectivity index (χ0) is 17.6. The van der Waals surface area contributed by atoms with Crippen molar-refractivity contribution in [2.45, 2.75) is 30.5 Å². The molecule has 3 aromatic rings. The number of benzene rings is 1. The highest BCUT2D eigenvalue weighted by molar-refractivity contribution is 7.99. The number of aryl methyl sites for hydroxylation is 1. The van der Waals surface area contributed by atoms with Crippen LogP contribution in [0.15, 0.2) is 29.6 Å². The van der Waals surface area contributed by atoms with Gasteiger partial charge in [0.15, 0.2) is 22.4 Å². The van der Waals surface area contributed by atoms with Crippen molar-refractivity contribution in [3.8, 4) is 0 Å². The quantitative estimate of drug-likeness (QED) is 0.554. The summed E-state index contributed by atoms with van der Waals surface area (Å²) < 4.78 is 28.3. The monoisotopic (exact) mass is 361 g/mol. The lowest BCUT2D eigenvalue weighted by atomic mass is 10.1. The second kappa shape index (κ2) is 6.25. The number of thioether (sulfide) groups is 1. The third-order valence-electron chi connectivity index (χ3n) is 4.33. The Kier molecular flexibility index (Phi) is 4.07. The van der Waals surface area contributed by atoms with Crippen LogP contribution < -0.4 is 5.32 Å². The van der Waals surface area contributed by atoms with E-state index in [1.54, 1.807) is 28.7 Å². The molecule has 2 atom stereocenters. The summed E-state index contributed by atoms with van der Waals surface area (Å²) in [5.41, 5.74) is 1.58. The maximum absolute atomic E-state index is 13.4. The maximum atomic E-state index is 13.4. The molecule has 4 rings (SSSR count). The van der Waals surface area contributed by atoms with Crippen molar-refractivity contribution < 1.29 is 8.78 Å². The molecule has 0 bridgehead atoms. The minimum Gasteiger partial charge on any atom is -0.366 e. The predicted octanol–water partition coefficient (Wildman–Crippen LogP) is 3.72. The molecule has 1 aromatic carbocycles. The van der Waals surface area contributed by atoms with Crippen molar-refractivity contribution >= 4 is 28.6 Å². The van der Waals surface area contributed by atoms with Gasteiger partial charge in [-0.05, 0) is 29.9 Å². The number of nitrogens with one attached hydrogen (secondary N) is 1. The lowest BCUT2D eigenvalue weighted by molar-refractivity contribution is 0.507. The number of aromatic nitrogens is 4. The average molecular weight is 361 g/mol. The van der Waals surface area contributed by atoms with E-state index in [1.807, 2.05) is 7.05 Å². The van der Waals surface area contributed by atoms with Gasteiger partial charge in [-0.3, -0.25) is 4.68 Å². The van der Waals surface area contributed by atoms with Crippen LogP contribution in [-0.2, 0) is 7.05 Å². The number of anilines is 1. The Morgan fingerprint density at radius 3 is 2.88 bits per heavy atom. The van der Waals surface area contributed by atoms with Crippen LogP contribution in [0.1, 0.15) is 24.8 Å². The Balaban J connectivity index is 1.60. The fourth-order valence-electron chi connectivity index (χ4n) is 2.95. The van der Waals surface area contributed by atoms with Gasteiger partial charge >= 0.3 is 0 Å². The topological polar surface area (TPSA) is 55.6 Å². The van der Waals surface area contributed by atoms with Crippen LogP contribution in [0.5, 0.6) is 0 Å². The van der Waals surface area contributed by atoms with Crippen LogP contribution in [-0.4, -0.2) is 31.5 Å². The molecule has 25 heavy (non-hydrogen) atoms. The molecule has 130 valence electrons. The normalized spacial score (nSPS) is 19.4. The molecule has 8 heteroatoms. The Labute approximate surface area is 147 Å². The maximum Gasteiger partial charge on any atom is 0.191 e. The molecule has 0 aliphatic heterocycles. The number of fused-ring (bicyclic) bond motifs is 1. The molecule has 1 N–H and O–H groups in total. The van der Waals surface area contributed by atoms with E-state index in [-0.39, 0.29) is 12.0 Å². The number of hydrogen-bond donors (Lipinski definition) is 1. The molecule has 1 saturated carbocycles. The van der Waals surface area contributed by atoms with E-state index >= 15 is 0 Å². The minimum absolute atomic E-state index is 0.141. The smallest absolute Gasteiger partial charge is 0.191 e. The van der Waals surface area contributed by atoms with E-state index < -0.39 is 11.6 Å². The molecule has 2 heterocycles. The summed E-state index contributed by atoms with van der Waals surface area (Å²) in [6.45, 7) is 2.05. The summed E-state index contributed by atoms with van der Waals surface area (Å²) in [5, 5.41) is 9.24. The van der Waals surface area contributed by atoms with Gasteiger partial charge in [0.1, 0.15) is 5.82 Å². The largest absolute Gasteiger partial charge is 0.366 e. The Morgan fingerprint density at radius 2 is 2.12 bits per heavy atom. The summed E-state index contributed by atoms with van der Waals surface area (Å²) in [6.07, 6.45) is 2.60. The lowest BCUT2D eigenvalue weighted by Gasteiger charge is -2.09. The third kappa shape index (κ3) is 3.06. The van der Waals surface area contributed by atoms with Crippen molar-refractivity contribution in [2.75, 3.05) is 11.1 Å². The highest BCUT2D eigenvalue weighted by Crippen LogP contribution is 2.43. The number of nitrogens with zero attached hydrogens (tertiary/aromatic N) is 4. The summed E-state index contributed by atoms with van der Waals surface area (Å²) in [5.74, 6) is 0.150. The van der Waals surface area contributed by atoms with Gasteiger partial charge in [-0.25, -0.2) is 18.7 Å². The van der Waals surface area contributed by atoms with E-state index in [2.05, 4.69) is 27.3 Å². The fraction of sp³-hybridized carbons (Fsp3) is 0.353. The van der Waals surface area contributed by atoms with Gasteiger partial charge in [-0.1, -0.05) is 24.8 Å². The predicted molar refractivity (Wildman–Crippen MR) is 93.8 cm³/mol. The first-order chi connectivity index (χ1) is 12.1. The molecule has 1 aliphatic carbocycles. The molecule has 2 aromatic heterocycles. The number of halogens is 2. The van der Waals surface area contributed by atoms with E-state index in [0.29, 0.717) is 5.16 Å². The second-order valence-electron chi connectivity index (χ2n) is 6.06. The standard InChI is InChI=1S/C17H17F2N5S/c1-3-25-17-22-15(11-8-20-24(2)16(11)23-17)21-14-7-10(14)9-4-5-12(18)13(19)6-9/h4-6,8,10,14H,3,7H2,1-2H3,(H,21,22,23)/t10?,14-/m1/s1. The van der Waals surface area contributed by atoms with Crippen LogP contribution in [0.3, 0.4) is 0 Å². The first-order valence-corrected chi connectivity index (χ1v) is 9.09. The highest BCUT2D eigenvalue weighted by Gasteiger charge is 2.39. The van der Waals surface area contributed by atoms with Gasteiger partial charge in [-0.2, -0.15) is 5.10 Å². The molecule has 0 spiro atoms. The van der Waals surface area contributed by atoms with Crippen LogP contribution in [0, 0.1) is 11.6 Å². The Morgan fingerprint density at radius 1 is 1.28 bits per heavy atom. The van der Waals surface area contributed by atoms with Gasteiger partial charge in [0.2, 0.25) is 0 Å². The van der Waals surface area contributed by atoms with Gasteiger partial charge in [0.25, 0.3) is 0 Å². The van der Waals surface area contributed by atoms with Gasteiger partial charge in [0.05, 0.1) is 11.6 Å². The van der Waals surface area contributed by atoms with Crippen molar-refractivity contribution in [1.29, 1.82) is 0 Å². The molecule has 5 nitrogen and oxygen atoms in total. The molecule has 0 amide bonds. The summed E-state index contributed by atoms with van der Waals surface area (Å²) in [7, 11) is 1.85. The first kappa shape index (κ1) is 16.3. The molecule has 1 fully saturated rings. The van der Waals surface area contributed by atoms with Crippen molar-refractivity contribution in [3.63, 3.8) is 0 Å². The molecule has 1 unspecified atom stereocenters. The zero-order valence-corrected chi connectivity index (χ0v) is 14.6. The Hall–Kier alpha value is -2.22. The van der Waals surface area contributed by atoms with E-state index in [1.165, 1.54) is 12.1 Å². The van der Waals surface area contributed by atoms with Gasteiger partial charge < -0.3 is 5.32 Å². The second-order valence-corrected chi connectivity index (χ2v) is 7.29. The molecule has 0 radical (unpaired) electrons. The SMILES string of the molecule is CCSc1nc(N[C@@H]2CC2c2ccc(F)c(F)c2)c2cnn(C)c2n1. The fourth-order valence-corrected chi connectivity index (χ4v) is 3.51. The van der Waals surface area contributed by atoms with Crippen LogP contribution in [0.4, 0.5) is 14.6 Å². The molecule has 1 aliphatic rings. The van der Waals surface area contributed by atoms with Crippen LogP contribution in [0.2, 0.25) is 0 Å². The molecular weight excluding hydrogens is 344 g/mol. The number of hydrogen-bond acceptors (Lipinski definition) is 5. The van der Waals surface area contributed by atoms with Crippen LogP contribution >= 0.6 is 11.8 Å². The number of rotatable bonds is 5. The molecule has 0 saturated heterocycles. The highest BCUT2D eigenvalue weighted by atomic mass is 32.2. The third-order valence-corrected chi connectivity index (χ3v) is 5.06. The van der Waals surface area contributed by atoms with Crippen molar-refractivity contribution in [2.24, 2.45) is 7.05 Å². The van der Waals surface area contributed by atoms with Gasteiger partial charge in [-0.15, -0.1) is 0 Å². The summed E-state index contributed by atoms with van der Waals surface area (Å²) >= 11 is 1.57. The van der Waals surface area contributed by atoms with Gasteiger partial charge in [0, 0.05) is 19.0 Å². The average Bonchev–Trinajstić information content (AvgIpc) is 3.25. The first-order valence-electron chi connectivity index (χ1n) is 8.11. The van der Waals surface area contributed by atoms with Crippen molar-refractivity contribution in [3.05, 3.63) is 41.6 Å². The summed E-state index contributed by atoms with van der Waals surface area (Å²) in [6, 6.07) is 4.24. The van der Waals surface area contributed by atoms with Crippen molar-refractivity contribution in [1.82, 2.24) is 19.7 Å². The Bertz CT molecular complexity index is 942. The molecular formula is C17H17F2N5S. The summed E-state index contributed by atoms with van der Waals surface area (Å²) in [4.78, 5) is 9.13. The van der Waals surface area contributed by atoms with E-state index in [0.717, 1.165) is 34.6 Å². The van der Waals surface area contributed by atoms with E-state index in [9.17, 15) is 8.78 Å². The minimum atomic E-state index is -0.817. The lowest BCUT2D eigenvalue weighted by Crippen LogP contribution is -2.08. The van der Waals surface area contributed by atoms with Crippen LogP contribution in [0.25, 0.3) is 11.0 Å².